The topological polar surface area (TPSA) is 16.1 Å². The van der Waals surface area contributed by atoms with Gasteiger partial charge in [-0.05, 0) is 65.7 Å². The fraction of sp³-hybridized carbons (Fsp3) is 0. The van der Waals surface area contributed by atoms with Crippen LogP contribution in [0.25, 0.3) is 52.1 Å². The van der Waals surface area contributed by atoms with Gasteiger partial charge in [0.25, 0.3) is 0 Å². The Labute approximate surface area is 246 Å². The van der Waals surface area contributed by atoms with E-state index < -0.39 is 0 Å². The van der Waals surface area contributed by atoms with Crippen molar-refractivity contribution in [3.8, 4) is 21.7 Å². The summed E-state index contributed by atoms with van der Waals surface area (Å²) in [6, 6.07) is 51.7. The number of thiophene rings is 1. The molecular formula is C37H24N2S2. The summed E-state index contributed by atoms with van der Waals surface area (Å²) < 4.78 is 3.88. The molecule has 0 fully saturated rings. The van der Waals surface area contributed by atoms with E-state index in [0.29, 0.717) is 0 Å². The normalized spacial score (nSPS) is 11.4. The Bertz CT molecular complexity index is 2090. The number of fused-ring (bicyclic) bond motifs is 5. The molecule has 0 aliphatic carbocycles. The van der Waals surface area contributed by atoms with Crippen LogP contribution in [0.3, 0.4) is 0 Å². The minimum absolute atomic E-state index is 1.07. The molecule has 4 heteroatoms. The Hall–Kier alpha value is -4.77. The number of benzene rings is 6. The van der Waals surface area contributed by atoms with Crippen LogP contribution in [-0.2, 0) is 0 Å². The molecule has 0 saturated heterocycles. The lowest BCUT2D eigenvalue weighted by Crippen LogP contribution is -2.09. The summed E-state index contributed by atoms with van der Waals surface area (Å²) in [4.78, 5) is 7.26. The van der Waals surface area contributed by atoms with Crippen LogP contribution < -0.4 is 4.90 Å². The van der Waals surface area contributed by atoms with E-state index in [1.165, 1.54) is 41.6 Å². The van der Waals surface area contributed by atoms with Crippen LogP contribution in [0.1, 0.15) is 0 Å². The summed E-state index contributed by atoms with van der Waals surface area (Å²) >= 11 is 3.66. The molecule has 2 nitrogen and oxygen atoms in total. The molecule has 8 aromatic rings. The van der Waals surface area contributed by atoms with Gasteiger partial charge in [-0.25, -0.2) is 4.98 Å². The molecule has 0 atom stereocenters. The van der Waals surface area contributed by atoms with Gasteiger partial charge in [0.1, 0.15) is 5.01 Å². The largest absolute Gasteiger partial charge is 0.311 e. The minimum atomic E-state index is 1.07. The van der Waals surface area contributed by atoms with Crippen LogP contribution in [0.15, 0.2) is 146 Å². The highest BCUT2D eigenvalue weighted by molar-refractivity contribution is 7.28. The molecular weight excluding hydrogens is 537 g/mol. The number of hydrogen-bond acceptors (Lipinski definition) is 4. The number of anilines is 3. The third-order valence-corrected chi connectivity index (χ3v) is 9.75. The molecule has 8 rings (SSSR count). The fourth-order valence-electron chi connectivity index (χ4n) is 5.53. The number of aromatic nitrogens is 1. The van der Waals surface area contributed by atoms with E-state index in [1.54, 1.807) is 11.3 Å². The predicted octanol–water partition coefficient (Wildman–Crippen LogP) is 11.5. The predicted molar refractivity (Wildman–Crippen MR) is 178 cm³/mol. The zero-order chi connectivity index (χ0) is 27.2. The van der Waals surface area contributed by atoms with Crippen molar-refractivity contribution in [2.24, 2.45) is 0 Å². The number of hydrogen-bond donors (Lipinski definition) is 0. The van der Waals surface area contributed by atoms with Crippen molar-refractivity contribution >= 4 is 70.1 Å². The highest BCUT2D eigenvalue weighted by atomic mass is 32.1. The van der Waals surface area contributed by atoms with Crippen LogP contribution in [0.4, 0.5) is 17.1 Å². The Morgan fingerprint density at radius 3 is 1.76 bits per heavy atom. The second-order valence-corrected chi connectivity index (χ2v) is 12.1. The molecule has 41 heavy (non-hydrogen) atoms. The van der Waals surface area contributed by atoms with Crippen LogP contribution in [0, 0.1) is 0 Å². The number of nitrogens with zero attached hydrogens (tertiary/aromatic N) is 2. The van der Waals surface area contributed by atoms with Gasteiger partial charge in [0.05, 0.1) is 10.2 Å². The van der Waals surface area contributed by atoms with Crippen molar-refractivity contribution < 1.29 is 0 Å². The lowest BCUT2D eigenvalue weighted by atomic mass is 10.0. The third kappa shape index (κ3) is 4.29. The maximum atomic E-state index is 4.97. The lowest BCUT2D eigenvalue weighted by molar-refractivity contribution is 1.28. The molecule has 0 aliphatic rings. The van der Waals surface area contributed by atoms with Gasteiger partial charge < -0.3 is 4.90 Å². The van der Waals surface area contributed by atoms with E-state index in [9.17, 15) is 0 Å². The number of thiazole rings is 1. The molecule has 0 aliphatic heterocycles. The Balaban J connectivity index is 1.18. The first-order valence-electron chi connectivity index (χ1n) is 13.6. The second-order valence-electron chi connectivity index (χ2n) is 10.0. The van der Waals surface area contributed by atoms with Gasteiger partial charge in [-0.15, -0.1) is 22.7 Å². The zero-order valence-electron chi connectivity index (χ0n) is 22.1. The van der Waals surface area contributed by atoms with Gasteiger partial charge in [0, 0.05) is 42.8 Å². The molecule has 2 aromatic heterocycles. The first-order valence-corrected chi connectivity index (χ1v) is 15.3. The van der Waals surface area contributed by atoms with Crippen LogP contribution in [0.2, 0.25) is 0 Å². The van der Waals surface area contributed by atoms with Crippen LogP contribution in [-0.4, -0.2) is 4.98 Å². The van der Waals surface area contributed by atoms with Crippen molar-refractivity contribution in [3.63, 3.8) is 0 Å². The van der Waals surface area contributed by atoms with E-state index in [4.69, 9.17) is 4.98 Å². The number of para-hydroxylation sites is 2. The summed E-state index contributed by atoms with van der Waals surface area (Å²) in [6.45, 7) is 0. The van der Waals surface area contributed by atoms with Gasteiger partial charge in [0.15, 0.2) is 0 Å². The van der Waals surface area contributed by atoms with Crippen molar-refractivity contribution in [3.05, 3.63) is 146 Å². The van der Waals surface area contributed by atoms with E-state index in [1.807, 2.05) is 11.3 Å². The Morgan fingerprint density at radius 2 is 1.07 bits per heavy atom. The van der Waals surface area contributed by atoms with Crippen molar-refractivity contribution in [2.75, 3.05) is 4.90 Å². The summed E-state index contributed by atoms with van der Waals surface area (Å²) in [7, 11) is 0. The van der Waals surface area contributed by atoms with Gasteiger partial charge in [0.2, 0.25) is 0 Å². The van der Waals surface area contributed by atoms with E-state index in [2.05, 4.69) is 150 Å². The van der Waals surface area contributed by atoms with Gasteiger partial charge in [-0.2, -0.15) is 0 Å². The molecule has 0 spiro atoms. The summed E-state index contributed by atoms with van der Waals surface area (Å²) in [5.41, 5.74) is 8.10. The maximum absolute atomic E-state index is 4.97. The van der Waals surface area contributed by atoms with Gasteiger partial charge >= 0.3 is 0 Å². The minimum Gasteiger partial charge on any atom is -0.311 e. The zero-order valence-corrected chi connectivity index (χ0v) is 23.7. The van der Waals surface area contributed by atoms with E-state index >= 15 is 0 Å². The summed E-state index contributed by atoms with van der Waals surface area (Å²) in [5, 5.41) is 3.70. The SMILES string of the molecule is c1ccc(-c2nc3ccc4sc5cc(-c6ccc(N(c7ccccc7)c7ccccc7)cc6)ccc5c4c3s2)cc1. The molecule has 0 amide bonds. The summed E-state index contributed by atoms with van der Waals surface area (Å²) in [6.07, 6.45) is 0. The summed E-state index contributed by atoms with van der Waals surface area (Å²) in [5.74, 6) is 0. The van der Waals surface area contributed by atoms with Crippen LogP contribution in [0.5, 0.6) is 0 Å². The Kier molecular flexibility index (Phi) is 5.87. The standard InChI is InChI=1S/C37H24N2S2/c1-4-10-26(11-5-1)37-38-32-22-23-33-35(36(32)41-37)31-21-18-27(24-34(31)40-33)25-16-19-30(20-17-25)39(28-12-6-2-7-13-28)29-14-8-3-9-15-29/h1-24H. The third-order valence-electron chi connectivity index (χ3n) is 7.50. The monoisotopic (exact) mass is 560 g/mol. The van der Waals surface area contributed by atoms with Gasteiger partial charge in [-0.1, -0.05) is 91.0 Å². The molecule has 0 saturated carbocycles. The molecule has 194 valence electrons. The molecule has 0 N–H and O–H groups in total. The lowest BCUT2D eigenvalue weighted by Gasteiger charge is -2.25. The van der Waals surface area contributed by atoms with Crippen molar-refractivity contribution in [2.45, 2.75) is 0 Å². The van der Waals surface area contributed by atoms with Gasteiger partial charge in [-0.3, -0.25) is 0 Å². The first kappa shape index (κ1) is 24.1. The molecule has 6 aromatic carbocycles. The maximum Gasteiger partial charge on any atom is 0.124 e. The molecule has 2 heterocycles. The molecule has 0 bridgehead atoms. The van der Waals surface area contributed by atoms with E-state index in [0.717, 1.165) is 27.6 Å². The smallest absolute Gasteiger partial charge is 0.124 e. The van der Waals surface area contributed by atoms with Crippen molar-refractivity contribution in [1.29, 1.82) is 0 Å². The quantitative estimate of drug-likeness (QED) is 0.208. The highest BCUT2D eigenvalue weighted by Gasteiger charge is 2.15. The average Bonchev–Trinajstić information content (AvgIpc) is 3.64. The van der Waals surface area contributed by atoms with Crippen molar-refractivity contribution in [1.82, 2.24) is 4.98 Å². The number of rotatable bonds is 5. The average molecular weight is 561 g/mol. The second kappa shape index (κ2) is 10.0. The molecule has 0 radical (unpaired) electrons. The van der Waals surface area contributed by atoms with E-state index in [-0.39, 0.29) is 0 Å². The first-order chi connectivity index (χ1) is 20.3. The fourth-order valence-corrected chi connectivity index (χ4v) is 7.88. The highest BCUT2D eigenvalue weighted by Crippen LogP contribution is 2.43. The Morgan fingerprint density at radius 1 is 0.463 bits per heavy atom. The van der Waals surface area contributed by atoms with Crippen LogP contribution >= 0.6 is 22.7 Å². The molecule has 0 unspecified atom stereocenters.